The number of aliphatic hydroxyl groups is 1. The van der Waals surface area contributed by atoms with Crippen LogP contribution in [0.25, 0.3) is 0 Å². The Morgan fingerprint density at radius 2 is 1.31 bits per heavy atom. The van der Waals surface area contributed by atoms with Crippen molar-refractivity contribution in [1.29, 1.82) is 0 Å². The summed E-state index contributed by atoms with van der Waals surface area (Å²) in [7, 11) is 0. The van der Waals surface area contributed by atoms with Gasteiger partial charge in [-0.15, -0.1) is 0 Å². The number of hydrogen-bond acceptors (Lipinski definition) is 2. The van der Waals surface area contributed by atoms with Gasteiger partial charge in [-0.3, -0.25) is 0 Å². The van der Waals surface area contributed by atoms with Crippen molar-refractivity contribution in [2.24, 2.45) is 5.73 Å². The first-order valence-corrected chi connectivity index (χ1v) is 7.02. The predicted octanol–water partition coefficient (Wildman–Crippen LogP) is 3.62. The summed E-state index contributed by atoms with van der Waals surface area (Å²) in [6.07, 6.45) is 13.0. The highest BCUT2D eigenvalue weighted by molar-refractivity contribution is 4.76. The maximum absolute atomic E-state index is 8.99. The first-order chi connectivity index (χ1) is 7.62. The topological polar surface area (TPSA) is 46.2 Å². The van der Waals surface area contributed by atoms with Crippen LogP contribution in [0.15, 0.2) is 0 Å². The number of nitrogens with two attached hydrogens (primary N) is 1. The van der Waals surface area contributed by atoms with E-state index in [1.807, 2.05) is 6.92 Å². The van der Waals surface area contributed by atoms with Crippen molar-refractivity contribution in [3.8, 4) is 0 Å². The quantitative estimate of drug-likeness (QED) is 0.532. The van der Waals surface area contributed by atoms with E-state index >= 15 is 0 Å². The Balaban J connectivity index is 3.10. The fourth-order valence-electron chi connectivity index (χ4n) is 1.92. The second kappa shape index (κ2) is 10.1. The van der Waals surface area contributed by atoms with Gasteiger partial charge in [0.1, 0.15) is 0 Å². The third-order valence-corrected chi connectivity index (χ3v) is 3.21. The van der Waals surface area contributed by atoms with Crippen molar-refractivity contribution in [3.63, 3.8) is 0 Å². The van der Waals surface area contributed by atoms with E-state index in [1.165, 1.54) is 51.4 Å². The smallest absolute Gasteiger partial charge is 0.0608 e. The molecule has 0 rings (SSSR count). The zero-order valence-corrected chi connectivity index (χ0v) is 11.3. The van der Waals surface area contributed by atoms with E-state index in [4.69, 9.17) is 10.8 Å². The van der Waals surface area contributed by atoms with Crippen LogP contribution >= 0.6 is 0 Å². The molecular weight excluding hydrogens is 198 g/mol. The maximum atomic E-state index is 8.99. The van der Waals surface area contributed by atoms with Crippen LogP contribution in [0.4, 0.5) is 0 Å². The lowest BCUT2D eigenvalue weighted by atomic mass is 9.96. The second-order valence-electron chi connectivity index (χ2n) is 5.39. The third-order valence-electron chi connectivity index (χ3n) is 3.21. The summed E-state index contributed by atoms with van der Waals surface area (Å²) in [5.41, 5.74) is 5.50. The van der Waals surface area contributed by atoms with Gasteiger partial charge in [0.25, 0.3) is 0 Å². The molecule has 0 heterocycles. The minimum absolute atomic E-state index is 0.101. The Kier molecular flexibility index (Phi) is 10.0. The Labute approximate surface area is 102 Å². The van der Waals surface area contributed by atoms with Crippen LogP contribution in [-0.2, 0) is 0 Å². The van der Waals surface area contributed by atoms with Gasteiger partial charge in [0.2, 0.25) is 0 Å². The van der Waals surface area contributed by atoms with Crippen LogP contribution in [0.3, 0.4) is 0 Å². The summed E-state index contributed by atoms with van der Waals surface area (Å²) < 4.78 is 0. The van der Waals surface area contributed by atoms with Gasteiger partial charge in [-0.05, 0) is 13.3 Å². The average molecular weight is 229 g/mol. The highest BCUT2D eigenvalue weighted by Gasteiger charge is 2.15. The van der Waals surface area contributed by atoms with Crippen molar-refractivity contribution in [3.05, 3.63) is 0 Å². The van der Waals surface area contributed by atoms with Crippen molar-refractivity contribution in [2.75, 3.05) is 6.61 Å². The molecule has 0 spiro atoms. The number of hydrogen-bond donors (Lipinski definition) is 2. The summed E-state index contributed by atoms with van der Waals surface area (Å²) in [5.74, 6) is 0. The van der Waals surface area contributed by atoms with E-state index in [9.17, 15) is 0 Å². The summed E-state index contributed by atoms with van der Waals surface area (Å²) in [4.78, 5) is 0. The third kappa shape index (κ3) is 10.4. The van der Waals surface area contributed by atoms with E-state index in [2.05, 4.69) is 6.92 Å². The lowest BCUT2D eigenvalue weighted by molar-refractivity contribution is 0.197. The molecule has 0 saturated carbocycles. The first kappa shape index (κ1) is 15.9. The molecule has 0 aliphatic heterocycles. The molecular formula is C14H31NO. The van der Waals surface area contributed by atoms with Gasteiger partial charge in [-0.2, -0.15) is 0 Å². The van der Waals surface area contributed by atoms with Crippen LogP contribution in [-0.4, -0.2) is 17.3 Å². The summed E-state index contributed by atoms with van der Waals surface area (Å²) >= 11 is 0. The summed E-state index contributed by atoms with van der Waals surface area (Å²) in [6.45, 7) is 4.28. The van der Waals surface area contributed by atoms with E-state index in [-0.39, 0.29) is 12.1 Å². The largest absolute Gasteiger partial charge is 0.394 e. The molecule has 0 aliphatic rings. The molecule has 0 unspecified atom stereocenters. The Morgan fingerprint density at radius 3 is 1.75 bits per heavy atom. The van der Waals surface area contributed by atoms with Crippen LogP contribution < -0.4 is 5.73 Å². The lowest BCUT2D eigenvalue weighted by Crippen LogP contribution is -2.39. The van der Waals surface area contributed by atoms with Crippen LogP contribution in [0.5, 0.6) is 0 Å². The summed E-state index contributed by atoms with van der Waals surface area (Å²) in [5, 5.41) is 8.99. The molecule has 0 saturated heterocycles. The Bertz CT molecular complexity index is 146. The van der Waals surface area contributed by atoms with Gasteiger partial charge in [0.15, 0.2) is 0 Å². The molecule has 0 bridgehead atoms. The van der Waals surface area contributed by atoms with E-state index in [0.717, 1.165) is 12.8 Å². The molecule has 2 heteroatoms. The molecule has 16 heavy (non-hydrogen) atoms. The van der Waals surface area contributed by atoms with Crippen LogP contribution in [0.2, 0.25) is 0 Å². The fraction of sp³-hybridized carbons (Fsp3) is 1.00. The van der Waals surface area contributed by atoms with Gasteiger partial charge in [-0.25, -0.2) is 0 Å². The zero-order valence-electron chi connectivity index (χ0n) is 11.3. The van der Waals surface area contributed by atoms with Gasteiger partial charge in [0, 0.05) is 5.54 Å². The number of rotatable bonds is 11. The van der Waals surface area contributed by atoms with Crippen molar-refractivity contribution in [1.82, 2.24) is 0 Å². The second-order valence-corrected chi connectivity index (χ2v) is 5.39. The number of unbranched alkanes of at least 4 members (excludes halogenated alkanes) is 8. The van der Waals surface area contributed by atoms with Crippen LogP contribution in [0, 0.1) is 0 Å². The monoisotopic (exact) mass is 229 g/mol. The molecule has 0 aromatic carbocycles. The van der Waals surface area contributed by atoms with Crippen molar-refractivity contribution in [2.45, 2.75) is 83.6 Å². The first-order valence-electron chi connectivity index (χ1n) is 7.02. The molecule has 0 fully saturated rings. The fourth-order valence-corrected chi connectivity index (χ4v) is 1.92. The predicted molar refractivity (Wildman–Crippen MR) is 71.5 cm³/mol. The van der Waals surface area contributed by atoms with E-state index in [1.54, 1.807) is 0 Å². The molecule has 0 aliphatic carbocycles. The average Bonchev–Trinajstić information content (AvgIpc) is 2.27. The zero-order chi connectivity index (χ0) is 12.3. The molecule has 0 radical (unpaired) electrons. The van der Waals surface area contributed by atoms with Gasteiger partial charge >= 0.3 is 0 Å². The van der Waals surface area contributed by atoms with Crippen molar-refractivity contribution >= 4 is 0 Å². The van der Waals surface area contributed by atoms with Gasteiger partial charge < -0.3 is 10.8 Å². The van der Waals surface area contributed by atoms with Gasteiger partial charge in [0.05, 0.1) is 6.61 Å². The molecule has 98 valence electrons. The lowest BCUT2D eigenvalue weighted by Gasteiger charge is -2.21. The van der Waals surface area contributed by atoms with E-state index < -0.39 is 0 Å². The molecule has 2 nitrogen and oxygen atoms in total. The highest BCUT2D eigenvalue weighted by atomic mass is 16.3. The minimum Gasteiger partial charge on any atom is -0.394 e. The normalized spacial score (nSPS) is 15.0. The van der Waals surface area contributed by atoms with Crippen molar-refractivity contribution < 1.29 is 5.11 Å². The minimum atomic E-state index is -0.360. The molecule has 0 aromatic rings. The Morgan fingerprint density at radius 1 is 0.875 bits per heavy atom. The Hall–Kier alpha value is -0.0800. The SMILES string of the molecule is CCCCCCCCCCC[C@](C)(N)CO. The highest BCUT2D eigenvalue weighted by Crippen LogP contribution is 2.14. The molecule has 0 amide bonds. The molecule has 1 atom stereocenters. The molecule has 3 N–H and O–H groups in total. The standard InChI is InChI=1S/C14H31NO/c1-3-4-5-6-7-8-9-10-11-12-14(2,15)13-16/h16H,3-13,15H2,1-2H3/t14-/m0/s1. The summed E-state index contributed by atoms with van der Waals surface area (Å²) in [6, 6.07) is 0. The van der Waals surface area contributed by atoms with E-state index in [0.29, 0.717) is 0 Å². The number of aliphatic hydroxyl groups excluding tert-OH is 1. The maximum Gasteiger partial charge on any atom is 0.0608 e. The van der Waals surface area contributed by atoms with Crippen LogP contribution in [0.1, 0.15) is 78.1 Å². The van der Waals surface area contributed by atoms with Gasteiger partial charge in [-0.1, -0.05) is 64.7 Å². The molecule has 0 aromatic heterocycles.